The number of hydrogen-bond acceptors (Lipinski definition) is 5. The number of likely N-dealkylation sites (N-methyl/N-ethyl adjacent to an activating group) is 1. The highest BCUT2D eigenvalue weighted by atomic mass is 19.3. The molecule has 2 atom stereocenters. The second-order valence-electron chi connectivity index (χ2n) is 11.2. The monoisotopic (exact) mass is 489 g/mol. The van der Waals surface area contributed by atoms with Crippen LogP contribution >= 0.6 is 0 Å². The summed E-state index contributed by atoms with van der Waals surface area (Å²) < 4.78 is 27.2. The quantitative estimate of drug-likeness (QED) is 0.705. The number of halogens is 2. The van der Waals surface area contributed by atoms with Crippen molar-refractivity contribution in [1.29, 1.82) is 0 Å². The van der Waals surface area contributed by atoms with Gasteiger partial charge in [0.05, 0.1) is 17.7 Å². The van der Waals surface area contributed by atoms with Crippen molar-refractivity contribution in [1.82, 2.24) is 25.0 Å². The molecular weight excluding hydrogens is 452 g/mol. The summed E-state index contributed by atoms with van der Waals surface area (Å²) in [6.45, 7) is 4.97. The Morgan fingerprint density at radius 1 is 1.14 bits per heavy atom. The molecule has 7 nitrogen and oxygen atoms in total. The topological polar surface area (TPSA) is 68.8 Å². The van der Waals surface area contributed by atoms with Gasteiger partial charge < -0.3 is 10.2 Å². The Morgan fingerprint density at radius 3 is 2.54 bits per heavy atom. The first-order chi connectivity index (χ1) is 16.6. The number of carbonyl (C=O) groups excluding carboxylic acids is 2. The second kappa shape index (κ2) is 9.39. The van der Waals surface area contributed by atoms with E-state index in [1.54, 1.807) is 4.90 Å². The molecule has 192 valence electrons. The largest absolute Gasteiger partial charge is 0.348 e. The molecule has 5 rings (SSSR count). The van der Waals surface area contributed by atoms with Crippen LogP contribution in [0.3, 0.4) is 0 Å². The maximum atomic E-state index is 13.6. The van der Waals surface area contributed by atoms with Gasteiger partial charge in [-0.3, -0.25) is 24.4 Å². The molecule has 4 aliphatic rings. The first kappa shape index (κ1) is 24.6. The Balaban J connectivity index is 1.19. The molecule has 3 saturated heterocycles. The minimum absolute atomic E-state index is 0.0314. The first-order valence-electron chi connectivity index (χ1n) is 13.0. The molecule has 1 N–H and O–H groups in total. The molecule has 1 aromatic heterocycles. The molecule has 35 heavy (non-hydrogen) atoms. The van der Waals surface area contributed by atoms with E-state index in [2.05, 4.69) is 33.1 Å². The van der Waals surface area contributed by atoms with Crippen LogP contribution in [0.15, 0.2) is 18.3 Å². The molecule has 1 saturated carbocycles. The van der Waals surface area contributed by atoms with Crippen LogP contribution < -0.4 is 5.32 Å². The number of likely N-dealkylation sites (tertiary alicyclic amines) is 1. The molecule has 0 radical (unpaired) electrons. The number of fused-ring (bicyclic) bond motifs is 1. The van der Waals surface area contributed by atoms with E-state index in [1.165, 1.54) is 5.56 Å². The highest BCUT2D eigenvalue weighted by molar-refractivity contribution is 5.92. The molecule has 0 unspecified atom stereocenters. The van der Waals surface area contributed by atoms with E-state index in [9.17, 15) is 18.4 Å². The summed E-state index contributed by atoms with van der Waals surface area (Å²) >= 11 is 0. The lowest BCUT2D eigenvalue weighted by molar-refractivity contribution is -0.135. The van der Waals surface area contributed by atoms with Crippen LogP contribution in [0.5, 0.6) is 0 Å². The predicted molar refractivity (Wildman–Crippen MR) is 128 cm³/mol. The Labute approximate surface area is 206 Å². The summed E-state index contributed by atoms with van der Waals surface area (Å²) in [5, 5.41) is 3.28. The van der Waals surface area contributed by atoms with E-state index < -0.39 is 17.5 Å². The van der Waals surface area contributed by atoms with Gasteiger partial charge in [-0.1, -0.05) is 6.07 Å². The molecule has 4 fully saturated rings. The van der Waals surface area contributed by atoms with E-state index in [-0.39, 0.29) is 36.7 Å². The average Bonchev–Trinajstić information content (AvgIpc) is 3.24. The zero-order valence-electron chi connectivity index (χ0n) is 20.8. The first-order valence-corrected chi connectivity index (χ1v) is 13.0. The standard InChI is InChI=1S/C26H37F2N5O2/c1-18-4-3-11-29-21(18)17-32-12-9-25(10-13-32)15-23(34)33-16-20(14-22(33)24(35)30-25)31(2)19-5-7-26(27,28)8-6-19/h3-4,11,19-20,22H,5-10,12-17H2,1-2H3,(H,30,35)/t20-,22-/m0/s1. The van der Waals surface area contributed by atoms with Gasteiger partial charge in [0, 0.05) is 57.3 Å². The zero-order chi connectivity index (χ0) is 24.8. The van der Waals surface area contributed by atoms with Gasteiger partial charge in [0.1, 0.15) is 6.04 Å². The number of hydrogen-bond donors (Lipinski definition) is 1. The number of nitrogens with zero attached hydrogens (tertiary/aromatic N) is 4. The van der Waals surface area contributed by atoms with E-state index in [4.69, 9.17) is 0 Å². The highest BCUT2D eigenvalue weighted by Gasteiger charge is 2.50. The third kappa shape index (κ3) is 5.07. The third-order valence-electron chi connectivity index (χ3n) is 8.92. The highest BCUT2D eigenvalue weighted by Crippen LogP contribution is 2.38. The Morgan fingerprint density at radius 2 is 1.86 bits per heavy atom. The molecule has 3 aliphatic heterocycles. The van der Waals surface area contributed by atoms with Gasteiger partial charge in [-0.2, -0.15) is 0 Å². The van der Waals surface area contributed by atoms with Crippen LogP contribution in [0.2, 0.25) is 0 Å². The van der Waals surface area contributed by atoms with Gasteiger partial charge in [0.2, 0.25) is 17.7 Å². The zero-order valence-corrected chi connectivity index (χ0v) is 20.8. The number of alkyl halides is 2. The lowest BCUT2D eigenvalue weighted by atomic mass is 9.84. The lowest BCUT2D eigenvalue weighted by Gasteiger charge is -2.41. The summed E-state index contributed by atoms with van der Waals surface area (Å²) in [6.07, 6.45) is 4.97. The summed E-state index contributed by atoms with van der Waals surface area (Å²) in [7, 11) is 1.97. The fourth-order valence-corrected chi connectivity index (χ4v) is 6.48. The van der Waals surface area contributed by atoms with Gasteiger partial charge in [0.25, 0.3) is 0 Å². The van der Waals surface area contributed by atoms with Crippen LogP contribution in [0.1, 0.15) is 62.6 Å². The summed E-state index contributed by atoms with van der Waals surface area (Å²) in [6, 6.07) is 3.66. The number of nitrogens with one attached hydrogen (secondary N) is 1. The Hall–Kier alpha value is -2.13. The number of rotatable bonds is 4. The van der Waals surface area contributed by atoms with Crippen molar-refractivity contribution in [2.45, 2.75) is 94.4 Å². The molecule has 9 heteroatoms. The van der Waals surface area contributed by atoms with Crippen molar-refractivity contribution in [2.75, 3.05) is 26.7 Å². The maximum absolute atomic E-state index is 13.6. The number of amides is 2. The molecule has 1 aromatic rings. The lowest BCUT2D eigenvalue weighted by Crippen LogP contribution is -2.56. The van der Waals surface area contributed by atoms with Crippen molar-refractivity contribution in [3.63, 3.8) is 0 Å². The molecule has 4 heterocycles. The predicted octanol–water partition coefficient (Wildman–Crippen LogP) is 2.72. The number of aryl methyl sites for hydroxylation is 1. The molecule has 0 bridgehead atoms. The number of carbonyl (C=O) groups is 2. The van der Waals surface area contributed by atoms with E-state index in [1.807, 2.05) is 19.3 Å². The van der Waals surface area contributed by atoms with Gasteiger partial charge in [0.15, 0.2) is 0 Å². The van der Waals surface area contributed by atoms with Gasteiger partial charge in [-0.15, -0.1) is 0 Å². The minimum Gasteiger partial charge on any atom is -0.348 e. The summed E-state index contributed by atoms with van der Waals surface area (Å²) in [5.41, 5.74) is 1.76. The Kier molecular flexibility index (Phi) is 6.59. The number of piperidine rings is 1. The molecule has 1 aliphatic carbocycles. The van der Waals surface area contributed by atoms with Crippen LogP contribution in [-0.4, -0.2) is 87.8 Å². The van der Waals surface area contributed by atoms with Crippen LogP contribution in [0, 0.1) is 6.92 Å². The smallest absolute Gasteiger partial charge is 0.248 e. The fourth-order valence-electron chi connectivity index (χ4n) is 6.48. The van der Waals surface area contributed by atoms with Crippen molar-refractivity contribution in [2.24, 2.45) is 0 Å². The van der Waals surface area contributed by atoms with Gasteiger partial charge in [-0.25, -0.2) is 8.78 Å². The summed E-state index contributed by atoms with van der Waals surface area (Å²) in [4.78, 5) is 37.4. The SMILES string of the molecule is Cc1cccnc1CN1CCC2(CC1)CC(=O)N1C[C@@H](N(C)C3CCC(F)(F)CC3)C[C@H]1C(=O)N2. The summed E-state index contributed by atoms with van der Waals surface area (Å²) in [5.74, 6) is -2.58. The van der Waals surface area contributed by atoms with Crippen LogP contribution in [0.25, 0.3) is 0 Å². The van der Waals surface area contributed by atoms with Crippen molar-refractivity contribution in [3.8, 4) is 0 Å². The number of pyridine rings is 1. The fraction of sp³-hybridized carbons (Fsp3) is 0.731. The molecule has 2 amide bonds. The van der Waals surface area contributed by atoms with Crippen molar-refractivity contribution >= 4 is 11.8 Å². The van der Waals surface area contributed by atoms with Gasteiger partial charge >= 0.3 is 0 Å². The van der Waals surface area contributed by atoms with Crippen LogP contribution in [0.4, 0.5) is 8.78 Å². The van der Waals surface area contributed by atoms with E-state index >= 15 is 0 Å². The molecule has 0 aromatic carbocycles. The van der Waals surface area contributed by atoms with Crippen LogP contribution in [-0.2, 0) is 16.1 Å². The number of aromatic nitrogens is 1. The second-order valence-corrected chi connectivity index (χ2v) is 11.2. The third-order valence-corrected chi connectivity index (χ3v) is 8.92. The van der Waals surface area contributed by atoms with Gasteiger partial charge in [-0.05, 0) is 57.7 Å². The molecular formula is C26H37F2N5O2. The maximum Gasteiger partial charge on any atom is 0.248 e. The van der Waals surface area contributed by atoms with Crippen molar-refractivity contribution < 1.29 is 18.4 Å². The normalized spacial score (nSPS) is 29.3. The molecule has 1 spiro atoms. The average molecular weight is 490 g/mol. The minimum atomic E-state index is -2.56. The van der Waals surface area contributed by atoms with Crippen molar-refractivity contribution in [3.05, 3.63) is 29.6 Å². The Bertz CT molecular complexity index is 927. The van der Waals surface area contributed by atoms with E-state index in [0.717, 1.165) is 38.2 Å². The van der Waals surface area contributed by atoms with E-state index in [0.29, 0.717) is 32.2 Å².